The summed E-state index contributed by atoms with van der Waals surface area (Å²) < 4.78 is 0. The van der Waals surface area contributed by atoms with E-state index in [2.05, 4.69) is 13.0 Å². The van der Waals surface area contributed by atoms with E-state index in [0.29, 0.717) is 6.04 Å². The van der Waals surface area contributed by atoms with Gasteiger partial charge in [-0.05, 0) is 50.4 Å². The molecule has 1 saturated carbocycles. The second-order valence-electron chi connectivity index (χ2n) is 6.83. The van der Waals surface area contributed by atoms with Crippen molar-refractivity contribution >= 4 is 0 Å². The maximum atomic E-state index is 6.59. The smallest absolute Gasteiger partial charge is 0.0282 e. The third-order valence-electron chi connectivity index (χ3n) is 5.35. The summed E-state index contributed by atoms with van der Waals surface area (Å²) in [5, 5.41) is 0. The molecule has 0 spiro atoms. The number of rotatable bonds is 4. The molecule has 0 aromatic carbocycles. The van der Waals surface area contributed by atoms with E-state index in [1.807, 2.05) is 0 Å². The lowest BCUT2D eigenvalue weighted by Gasteiger charge is -2.33. The Morgan fingerprint density at radius 1 is 1.11 bits per heavy atom. The first-order chi connectivity index (χ1) is 9.31. The van der Waals surface area contributed by atoms with E-state index < -0.39 is 0 Å². The molecular weight excluding hydrogens is 230 g/mol. The van der Waals surface area contributed by atoms with Gasteiger partial charge in [-0.1, -0.05) is 57.1 Å². The van der Waals surface area contributed by atoms with Gasteiger partial charge in [0.1, 0.15) is 0 Å². The molecule has 19 heavy (non-hydrogen) atoms. The van der Waals surface area contributed by atoms with Crippen molar-refractivity contribution in [3.05, 3.63) is 11.6 Å². The molecule has 2 N–H and O–H groups in total. The molecule has 2 aliphatic carbocycles. The van der Waals surface area contributed by atoms with Crippen LogP contribution in [0.1, 0.15) is 84.0 Å². The minimum absolute atomic E-state index is 0.376. The molecule has 0 aliphatic heterocycles. The minimum Gasteiger partial charge on any atom is -0.324 e. The topological polar surface area (TPSA) is 26.0 Å². The zero-order valence-electron chi connectivity index (χ0n) is 12.9. The van der Waals surface area contributed by atoms with Gasteiger partial charge >= 0.3 is 0 Å². The molecule has 1 unspecified atom stereocenters. The van der Waals surface area contributed by atoms with Crippen LogP contribution in [0.15, 0.2) is 11.6 Å². The van der Waals surface area contributed by atoms with Gasteiger partial charge in [-0.3, -0.25) is 0 Å². The average Bonchev–Trinajstić information content (AvgIpc) is 2.39. The number of hydrogen-bond acceptors (Lipinski definition) is 1. The molecular formula is C18H33N. The summed E-state index contributed by atoms with van der Waals surface area (Å²) in [6, 6.07) is 0.376. The summed E-state index contributed by atoms with van der Waals surface area (Å²) in [5.74, 6) is 1.78. The van der Waals surface area contributed by atoms with Crippen LogP contribution in [0.5, 0.6) is 0 Å². The van der Waals surface area contributed by atoms with E-state index in [0.717, 1.165) is 11.8 Å². The molecule has 0 radical (unpaired) electrons. The molecule has 2 aliphatic rings. The summed E-state index contributed by atoms with van der Waals surface area (Å²) >= 11 is 0. The molecule has 110 valence electrons. The van der Waals surface area contributed by atoms with Gasteiger partial charge in [-0.25, -0.2) is 0 Å². The van der Waals surface area contributed by atoms with Crippen LogP contribution < -0.4 is 5.73 Å². The largest absolute Gasteiger partial charge is 0.324 e. The molecule has 1 heteroatoms. The van der Waals surface area contributed by atoms with E-state index >= 15 is 0 Å². The molecule has 0 aromatic heterocycles. The van der Waals surface area contributed by atoms with Gasteiger partial charge in [0.15, 0.2) is 0 Å². The second-order valence-corrected chi connectivity index (χ2v) is 6.83. The predicted octanol–water partition coefficient (Wildman–Crippen LogP) is 5.20. The van der Waals surface area contributed by atoms with E-state index in [-0.39, 0.29) is 0 Å². The van der Waals surface area contributed by atoms with E-state index in [4.69, 9.17) is 5.73 Å². The Bertz CT molecular complexity index is 273. The highest BCUT2D eigenvalue weighted by atomic mass is 14.7. The Morgan fingerprint density at radius 3 is 2.58 bits per heavy atom. The Balaban J connectivity index is 1.83. The van der Waals surface area contributed by atoms with Crippen LogP contribution in [-0.4, -0.2) is 6.04 Å². The van der Waals surface area contributed by atoms with Crippen molar-refractivity contribution in [2.75, 3.05) is 0 Å². The van der Waals surface area contributed by atoms with Crippen LogP contribution in [0, 0.1) is 11.8 Å². The highest BCUT2D eigenvalue weighted by molar-refractivity contribution is 5.12. The van der Waals surface area contributed by atoms with Crippen LogP contribution in [0.3, 0.4) is 0 Å². The van der Waals surface area contributed by atoms with Gasteiger partial charge < -0.3 is 5.73 Å². The van der Waals surface area contributed by atoms with Crippen LogP contribution in [0.2, 0.25) is 0 Å². The van der Waals surface area contributed by atoms with Crippen molar-refractivity contribution in [2.45, 2.75) is 90.0 Å². The third kappa shape index (κ3) is 4.63. The maximum Gasteiger partial charge on any atom is 0.0282 e. The van der Waals surface area contributed by atoms with Crippen LogP contribution in [0.25, 0.3) is 0 Å². The summed E-state index contributed by atoms with van der Waals surface area (Å²) in [5.41, 5.74) is 8.19. The van der Waals surface area contributed by atoms with Crippen molar-refractivity contribution in [2.24, 2.45) is 17.6 Å². The zero-order chi connectivity index (χ0) is 13.5. The Kier molecular flexibility index (Phi) is 6.43. The standard InChI is InChI=1S/C18H33N/c1-2-8-15-11-13-17(14-12-15)18(19)16-9-6-4-3-5-7-10-16/h9,15,17-18H,2-8,10-14,19H2,1H3. The molecule has 1 atom stereocenters. The fourth-order valence-electron chi connectivity index (χ4n) is 4.07. The lowest BCUT2D eigenvalue weighted by molar-refractivity contribution is 0.242. The molecule has 0 heterocycles. The van der Waals surface area contributed by atoms with Crippen molar-refractivity contribution < 1.29 is 0 Å². The highest BCUT2D eigenvalue weighted by Gasteiger charge is 2.26. The zero-order valence-corrected chi connectivity index (χ0v) is 12.9. The van der Waals surface area contributed by atoms with Crippen LogP contribution in [0.4, 0.5) is 0 Å². The summed E-state index contributed by atoms with van der Waals surface area (Å²) in [6.45, 7) is 2.32. The Morgan fingerprint density at radius 2 is 1.84 bits per heavy atom. The number of hydrogen-bond donors (Lipinski definition) is 1. The maximum absolute atomic E-state index is 6.59. The summed E-state index contributed by atoms with van der Waals surface area (Å²) in [6.07, 6.45) is 19.0. The third-order valence-corrected chi connectivity index (χ3v) is 5.35. The van der Waals surface area contributed by atoms with Gasteiger partial charge in [0.2, 0.25) is 0 Å². The van der Waals surface area contributed by atoms with Crippen LogP contribution >= 0.6 is 0 Å². The van der Waals surface area contributed by atoms with Gasteiger partial charge in [0.25, 0.3) is 0 Å². The quantitative estimate of drug-likeness (QED) is 0.693. The molecule has 1 nitrogen and oxygen atoms in total. The molecule has 1 fully saturated rings. The lowest BCUT2D eigenvalue weighted by Crippen LogP contribution is -2.35. The van der Waals surface area contributed by atoms with E-state index in [1.165, 1.54) is 77.0 Å². The van der Waals surface area contributed by atoms with Gasteiger partial charge in [0.05, 0.1) is 0 Å². The monoisotopic (exact) mass is 263 g/mol. The minimum atomic E-state index is 0.376. The van der Waals surface area contributed by atoms with E-state index in [1.54, 1.807) is 5.57 Å². The number of allylic oxidation sites excluding steroid dienone is 1. The predicted molar refractivity (Wildman–Crippen MR) is 84.1 cm³/mol. The molecule has 0 aromatic rings. The number of nitrogens with two attached hydrogens (primary N) is 1. The van der Waals surface area contributed by atoms with E-state index in [9.17, 15) is 0 Å². The first-order valence-electron chi connectivity index (χ1n) is 8.75. The molecule has 2 rings (SSSR count). The fraction of sp³-hybridized carbons (Fsp3) is 0.889. The Labute approximate surface area is 120 Å². The molecule has 0 bridgehead atoms. The Hall–Kier alpha value is -0.300. The van der Waals surface area contributed by atoms with Crippen molar-refractivity contribution in [1.29, 1.82) is 0 Å². The first-order valence-corrected chi connectivity index (χ1v) is 8.75. The van der Waals surface area contributed by atoms with Gasteiger partial charge in [0, 0.05) is 6.04 Å². The van der Waals surface area contributed by atoms with Crippen molar-refractivity contribution in [3.8, 4) is 0 Å². The first kappa shape index (κ1) is 15.1. The molecule has 0 saturated heterocycles. The SMILES string of the molecule is CCCC1CCC(C(N)C2=CCCCCCC2)CC1. The van der Waals surface area contributed by atoms with Crippen LogP contribution in [-0.2, 0) is 0 Å². The fourth-order valence-corrected chi connectivity index (χ4v) is 4.07. The molecule has 0 amide bonds. The highest BCUT2D eigenvalue weighted by Crippen LogP contribution is 2.35. The van der Waals surface area contributed by atoms with Crippen molar-refractivity contribution in [3.63, 3.8) is 0 Å². The van der Waals surface area contributed by atoms with Gasteiger partial charge in [-0.15, -0.1) is 0 Å². The summed E-state index contributed by atoms with van der Waals surface area (Å²) in [4.78, 5) is 0. The lowest BCUT2D eigenvalue weighted by atomic mass is 9.75. The van der Waals surface area contributed by atoms with Gasteiger partial charge in [-0.2, -0.15) is 0 Å². The average molecular weight is 263 g/mol. The normalized spacial score (nSPS) is 31.2. The second kappa shape index (κ2) is 8.09. The summed E-state index contributed by atoms with van der Waals surface area (Å²) in [7, 11) is 0. The van der Waals surface area contributed by atoms with Crippen molar-refractivity contribution in [1.82, 2.24) is 0 Å².